The number of aliphatic hydroxyl groups excluding tert-OH is 1. The Morgan fingerprint density at radius 2 is 1.28 bits per heavy atom. The zero-order valence-electron chi connectivity index (χ0n) is 58.0. The number of carbonyl (C=O) groups excluding carboxylic acids is 12. The molecule has 2 saturated carbocycles. The molecular formula is C66H106ClF3N12O13. The van der Waals surface area contributed by atoms with Crippen molar-refractivity contribution in [3.8, 4) is 0 Å². The van der Waals surface area contributed by atoms with Gasteiger partial charge in [-0.1, -0.05) is 60.8 Å². The molecular weight excluding hydrogens is 1260 g/mol. The van der Waals surface area contributed by atoms with Gasteiger partial charge < -0.3 is 65.2 Å². The Bertz CT molecular complexity index is 2800. The van der Waals surface area contributed by atoms with Crippen LogP contribution in [-0.2, 0) is 57.5 Å². The molecule has 536 valence electrons. The van der Waals surface area contributed by atoms with Gasteiger partial charge in [-0.05, 0) is 120 Å². The highest BCUT2D eigenvalue weighted by atomic mass is 35.5. The number of likely N-dealkylation sites (tertiary alicyclic amines) is 1. The third kappa shape index (κ3) is 18.1. The zero-order valence-corrected chi connectivity index (χ0v) is 58.8. The zero-order chi connectivity index (χ0) is 70.9. The fraction of sp³-hybridized carbons (Fsp3) is 0.818. The Morgan fingerprint density at radius 3 is 1.84 bits per heavy atom. The largest absolute Gasteiger partial charge is 0.394 e. The number of fused-ring (bicyclic) bond motifs is 2. The van der Waals surface area contributed by atoms with Crippen LogP contribution >= 0.6 is 11.6 Å². The van der Waals surface area contributed by atoms with E-state index in [2.05, 4.69) is 16.0 Å². The lowest BCUT2D eigenvalue weighted by atomic mass is 9.78. The maximum atomic E-state index is 15.4. The van der Waals surface area contributed by atoms with Crippen molar-refractivity contribution in [1.29, 1.82) is 0 Å². The molecule has 95 heavy (non-hydrogen) atoms. The van der Waals surface area contributed by atoms with Gasteiger partial charge in [0.05, 0.1) is 25.5 Å². The minimum Gasteiger partial charge on any atom is -0.394 e. The summed E-state index contributed by atoms with van der Waals surface area (Å²) in [6.07, 6.45) is -0.564. The van der Waals surface area contributed by atoms with E-state index in [0.717, 1.165) is 16.2 Å². The Morgan fingerprint density at radius 1 is 0.653 bits per heavy atom. The number of carbonyl (C=O) groups is 12. The van der Waals surface area contributed by atoms with Crippen molar-refractivity contribution < 1.29 is 75.8 Å². The van der Waals surface area contributed by atoms with Crippen molar-refractivity contribution in [2.45, 2.75) is 236 Å². The number of halogens is 4. The van der Waals surface area contributed by atoms with E-state index >= 15 is 14.4 Å². The van der Waals surface area contributed by atoms with Gasteiger partial charge in [0.25, 0.3) is 0 Å². The molecule has 6 aliphatic rings. The predicted octanol–water partition coefficient (Wildman–Crippen LogP) is 3.11. The van der Waals surface area contributed by atoms with Crippen LogP contribution in [0.4, 0.5) is 13.2 Å². The van der Waals surface area contributed by atoms with E-state index in [-0.39, 0.29) is 89.1 Å². The summed E-state index contributed by atoms with van der Waals surface area (Å²) in [5.41, 5.74) is -1.58. The lowest BCUT2D eigenvalue weighted by Gasteiger charge is -2.45. The Kier molecular flexibility index (Phi) is 27.2. The highest BCUT2D eigenvalue weighted by Gasteiger charge is 2.52. The van der Waals surface area contributed by atoms with E-state index in [1.165, 1.54) is 78.6 Å². The van der Waals surface area contributed by atoms with Crippen LogP contribution in [0.3, 0.4) is 0 Å². The number of likely N-dealkylation sites (N-methyl/N-ethyl adjacent to an activating group) is 6. The maximum Gasteiger partial charge on any atom is 0.393 e. The second kappa shape index (κ2) is 33.3. The normalized spacial score (nSPS) is 30.8. The van der Waals surface area contributed by atoms with Crippen LogP contribution < -0.4 is 16.0 Å². The molecule has 3 unspecified atom stereocenters. The first-order valence-electron chi connectivity index (χ1n) is 34.2. The number of hydrogen-bond acceptors (Lipinski definition) is 13. The summed E-state index contributed by atoms with van der Waals surface area (Å²) in [7, 11) is 8.15. The summed E-state index contributed by atoms with van der Waals surface area (Å²) in [6, 6.07) is -11.6. The lowest BCUT2D eigenvalue weighted by Crippen LogP contribution is -2.65. The molecule has 0 aromatic heterocycles. The van der Waals surface area contributed by atoms with Crippen molar-refractivity contribution in [2.75, 3.05) is 81.6 Å². The van der Waals surface area contributed by atoms with Crippen molar-refractivity contribution in [1.82, 2.24) is 60.0 Å². The van der Waals surface area contributed by atoms with E-state index in [1.54, 1.807) is 25.7 Å². The number of rotatable bonds is 10. The first-order valence-corrected chi connectivity index (χ1v) is 34.7. The van der Waals surface area contributed by atoms with Gasteiger partial charge in [-0.3, -0.25) is 57.5 Å². The molecule has 4 N–H and O–H groups in total. The monoisotopic (exact) mass is 1370 g/mol. The molecule has 12 amide bonds. The van der Waals surface area contributed by atoms with Crippen molar-refractivity contribution >= 4 is 82.5 Å². The SMILES string of the molecule is CC[C@H](C)[C@@H]1NC(=O)[C@H](CC(C)C)N(C)C(=O)C[C@@H](C(=O)N2CCCCC2)N(C)C(=O)[C@H](C(C)C)N(C)C(=O)C2(CCCC2)NC(=O)[C@@H]2CCCN2C(=O)[C@H](CCC2CCC(C(F)(F)F)C(Cl)C2)NC(=O)CN(C)C(=O)[C@H](CO)N(C)C(=O)[C@@H]2CCN2C(=O)[C@H](C)N(C)C1=O. The maximum absolute atomic E-state index is 15.4. The third-order valence-electron chi connectivity index (χ3n) is 21.2. The molecule has 4 saturated heterocycles. The molecule has 0 radical (unpaired) electrons. The van der Waals surface area contributed by atoms with Crippen LogP contribution in [0.15, 0.2) is 0 Å². The molecule has 29 heteroatoms. The van der Waals surface area contributed by atoms with E-state index in [1.807, 2.05) is 20.8 Å². The van der Waals surface area contributed by atoms with Gasteiger partial charge in [-0.15, -0.1) is 11.6 Å². The lowest BCUT2D eigenvalue weighted by molar-refractivity contribution is -0.182. The van der Waals surface area contributed by atoms with E-state index in [0.29, 0.717) is 51.6 Å². The van der Waals surface area contributed by atoms with Gasteiger partial charge in [0.1, 0.15) is 59.9 Å². The quantitative estimate of drug-likeness (QED) is 0.229. The predicted molar refractivity (Wildman–Crippen MR) is 346 cm³/mol. The van der Waals surface area contributed by atoms with Gasteiger partial charge in [-0.2, -0.15) is 13.2 Å². The molecule has 13 atom stereocenters. The first-order chi connectivity index (χ1) is 44.5. The van der Waals surface area contributed by atoms with Crippen molar-refractivity contribution in [2.24, 2.45) is 29.6 Å². The molecule has 6 fully saturated rings. The number of nitrogens with one attached hydrogen (secondary N) is 3. The van der Waals surface area contributed by atoms with Crippen LogP contribution in [0.25, 0.3) is 0 Å². The van der Waals surface area contributed by atoms with Gasteiger partial charge in [-0.25, -0.2) is 0 Å². The highest BCUT2D eigenvalue weighted by molar-refractivity contribution is 6.21. The highest BCUT2D eigenvalue weighted by Crippen LogP contribution is 2.44. The average Bonchev–Trinajstić information content (AvgIpc) is 1.77. The fourth-order valence-corrected chi connectivity index (χ4v) is 15.2. The molecule has 1 spiro atoms. The van der Waals surface area contributed by atoms with Crippen molar-refractivity contribution in [3.05, 3.63) is 0 Å². The third-order valence-corrected chi connectivity index (χ3v) is 21.6. The Labute approximate surface area is 562 Å². The number of piperidine rings is 1. The van der Waals surface area contributed by atoms with Crippen LogP contribution in [0.5, 0.6) is 0 Å². The molecule has 25 nitrogen and oxygen atoms in total. The summed E-state index contributed by atoms with van der Waals surface area (Å²) in [5, 5.41) is 18.0. The topological polar surface area (TPSA) is 290 Å². The van der Waals surface area contributed by atoms with E-state index in [4.69, 9.17) is 11.6 Å². The molecule has 0 aromatic rings. The number of alkyl halides is 4. The minimum absolute atomic E-state index is 0.0266. The Balaban J connectivity index is 1.40. The van der Waals surface area contributed by atoms with E-state index < -0.39 is 180 Å². The first kappa shape index (κ1) is 77.7. The molecule has 0 bridgehead atoms. The van der Waals surface area contributed by atoms with Gasteiger partial charge in [0.15, 0.2) is 0 Å². The Hall–Kier alpha value is -6.32. The van der Waals surface area contributed by atoms with Gasteiger partial charge >= 0.3 is 6.18 Å². The second-order valence-corrected chi connectivity index (χ2v) is 29.1. The van der Waals surface area contributed by atoms with Crippen molar-refractivity contribution in [3.63, 3.8) is 0 Å². The minimum atomic E-state index is -4.52. The summed E-state index contributed by atoms with van der Waals surface area (Å²) >= 11 is 6.34. The summed E-state index contributed by atoms with van der Waals surface area (Å²) in [6.45, 7) is 11.4. The number of amides is 12. The number of nitrogens with zero attached hydrogens (tertiary/aromatic N) is 9. The fourth-order valence-electron chi connectivity index (χ4n) is 14.7. The molecule has 4 aliphatic heterocycles. The molecule has 2 aliphatic carbocycles. The molecule has 6 rings (SSSR count). The van der Waals surface area contributed by atoms with Gasteiger partial charge in [0.2, 0.25) is 70.9 Å². The summed E-state index contributed by atoms with van der Waals surface area (Å²) in [5.74, 6) is -11.8. The second-order valence-electron chi connectivity index (χ2n) is 28.5. The van der Waals surface area contributed by atoms with Crippen LogP contribution in [0.1, 0.15) is 164 Å². The molecule has 0 aromatic carbocycles. The summed E-state index contributed by atoms with van der Waals surface area (Å²) in [4.78, 5) is 188. The number of aliphatic hydroxyl groups is 1. The van der Waals surface area contributed by atoms with E-state index in [9.17, 15) is 61.4 Å². The standard InChI is InChI=1S/C66H106ClF3N12O13/c1-14-40(6)53-62(93)75(9)41(7)57(88)82-32-26-47(82)60(91)78(12)50(37-83)59(90)74(8)36-51(84)71-45(25-23-42-22-24-43(44(67)34-42)66(68,69)70)58(89)81-31-20-21-46(81)56(87)73-65(27-16-17-28-65)64(95)79(13)54(39(4)5)63(94)77(11)49(61(92)80-29-18-15-19-30-80)35-52(85)76(10)48(33-38(2)3)55(86)72-53/h38-50,53-54,83H,14-37H2,1-13H3,(H,71,84)(H,72,86)(H,73,87)/t40-,41-,42?,43?,44?,45-,46-,47-,48-,49-,50-,53-,54-/m0/s1. The smallest absolute Gasteiger partial charge is 0.393 e. The molecule has 4 heterocycles. The summed E-state index contributed by atoms with van der Waals surface area (Å²) < 4.78 is 41.7. The van der Waals surface area contributed by atoms with Crippen LogP contribution in [0, 0.1) is 29.6 Å². The average molecular weight is 1370 g/mol. The number of hydrogen-bond donors (Lipinski definition) is 4. The van der Waals surface area contributed by atoms with Crippen LogP contribution in [-0.4, -0.2) is 273 Å². The van der Waals surface area contributed by atoms with Crippen LogP contribution in [0.2, 0.25) is 0 Å². The van der Waals surface area contributed by atoms with Gasteiger partial charge in [0, 0.05) is 73.8 Å².